The third kappa shape index (κ3) is 10.9. The number of hydrogen-bond acceptors (Lipinski definition) is 3. The molecule has 0 bridgehead atoms. The fourth-order valence-corrected chi connectivity index (χ4v) is 0.665. The second-order valence-corrected chi connectivity index (χ2v) is 2.63. The van der Waals surface area contributed by atoms with Crippen LogP contribution in [0.2, 0.25) is 0 Å². The Balaban J connectivity index is 3.34. The summed E-state index contributed by atoms with van der Waals surface area (Å²) in [6.45, 7) is -0.269. The monoisotopic (exact) mass is 229 g/mol. The molecule has 0 aromatic rings. The standard InChI is InChI=1S/C7H14F3N3O2/c8-7(9,10)5-13-6(14)12-2-4-15-3-1-11/h1-5,11H2,(H2,12,13,14). The molecule has 8 heteroatoms. The van der Waals surface area contributed by atoms with Crippen molar-refractivity contribution < 1.29 is 22.7 Å². The molecular formula is C7H14F3N3O2. The van der Waals surface area contributed by atoms with Crippen molar-refractivity contribution >= 4 is 6.03 Å². The van der Waals surface area contributed by atoms with Crippen LogP contribution in [0.3, 0.4) is 0 Å². The van der Waals surface area contributed by atoms with Crippen LogP contribution in [0.15, 0.2) is 0 Å². The summed E-state index contributed by atoms with van der Waals surface area (Å²) in [4.78, 5) is 10.7. The first-order chi connectivity index (χ1) is 6.95. The van der Waals surface area contributed by atoms with E-state index in [1.165, 1.54) is 0 Å². The fourth-order valence-electron chi connectivity index (χ4n) is 0.665. The van der Waals surface area contributed by atoms with E-state index in [0.717, 1.165) is 0 Å². The summed E-state index contributed by atoms with van der Waals surface area (Å²) in [5, 5.41) is 3.86. The average Bonchev–Trinajstić information content (AvgIpc) is 2.13. The molecule has 0 saturated heterocycles. The topological polar surface area (TPSA) is 76.4 Å². The highest BCUT2D eigenvalue weighted by molar-refractivity contribution is 5.73. The molecule has 4 N–H and O–H groups in total. The number of urea groups is 1. The summed E-state index contributed by atoms with van der Waals surface area (Å²) in [6, 6.07) is -0.872. The molecule has 0 atom stereocenters. The maximum absolute atomic E-state index is 11.6. The van der Waals surface area contributed by atoms with Gasteiger partial charge in [-0.1, -0.05) is 0 Å². The summed E-state index contributed by atoms with van der Waals surface area (Å²) in [5.74, 6) is 0. The van der Waals surface area contributed by atoms with Gasteiger partial charge in [-0.05, 0) is 0 Å². The number of nitrogens with two attached hydrogens (primary N) is 1. The second-order valence-electron chi connectivity index (χ2n) is 2.63. The van der Waals surface area contributed by atoms with Gasteiger partial charge in [-0.2, -0.15) is 13.2 Å². The van der Waals surface area contributed by atoms with E-state index in [9.17, 15) is 18.0 Å². The molecule has 0 rings (SSSR count). The van der Waals surface area contributed by atoms with Crippen LogP contribution in [0, 0.1) is 0 Å². The molecule has 0 spiro atoms. The Morgan fingerprint density at radius 2 is 1.93 bits per heavy atom. The first-order valence-electron chi connectivity index (χ1n) is 4.32. The lowest BCUT2D eigenvalue weighted by atomic mass is 10.6. The Morgan fingerprint density at radius 3 is 2.47 bits per heavy atom. The molecule has 0 radical (unpaired) electrons. The summed E-state index contributed by atoms with van der Waals surface area (Å²) >= 11 is 0. The van der Waals surface area contributed by atoms with Crippen LogP contribution >= 0.6 is 0 Å². The molecular weight excluding hydrogens is 215 g/mol. The molecule has 90 valence electrons. The van der Waals surface area contributed by atoms with Gasteiger partial charge in [-0.3, -0.25) is 0 Å². The quantitative estimate of drug-likeness (QED) is 0.553. The SMILES string of the molecule is NCCOCCNC(=O)NCC(F)(F)F. The third-order valence-electron chi connectivity index (χ3n) is 1.24. The molecule has 0 saturated carbocycles. The van der Waals surface area contributed by atoms with Crippen LogP contribution in [0.1, 0.15) is 0 Å². The van der Waals surface area contributed by atoms with Gasteiger partial charge in [-0.15, -0.1) is 0 Å². The Bertz CT molecular complexity index is 187. The number of rotatable bonds is 6. The zero-order valence-electron chi connectivity index (χ0n) is 8.06. The molecule has 15 heavy (non-hydrogen) atoms. The van der Waals surface area contributed by atoms with Crippen molar-refractivity contribution in [3.8, 4) is 0 Å². The van der Waals surface area contributed by atoms with Gasteiger partial charge in [0.15, 0.2) is 0 Å². The number of carbonyl (C=O) groups is 1. The van der Waals surface area contributed by atoms with Crippen LogP contribution in [-0.4, -0.2) is 45.1 Å². The first-order valence-corrected chi connectivity index (χ1v) is 4.32. The van der Waals surface area contributed by atoms with E-state index in [4.69, 9.17) is 10.5 Å². The van der Waals surface area contributed by atoms with Crippen LogP contribution < -0.4 is 16.4 Å². The lowest BCUT2D eigenvalue weighted by Gasteiger charge is -2.09. The summed E-state index contributed by atoms with van der Waals surface area (Å²) in [5.41, 5.74) is 5.12. The number of alkyl halides is 3. The van der Waals surface area contributed by atoms with E-state index in [0.29, 0.717) is 13.2 Å². The van der Waals surface area contributed by atoms with E-state index < -0.39 is 18.8 Å². The number of halogens is 3. The van der Waals surface area contributed by atoms with Crippen molar-refractivity contribution in [2.75, 3.05) is 32.8 Å². The Kier molecular flexibility index (Phi) is 6.80. The van der Waals surface area contributed by atoms with Crippen LogP contribution in [0.5, 0.6) is 0 Å². The highest BCUT2D eigenvalue weighted by atomic mass is 19.4. The fraction of sp³-hybridized carbons (Fsp3) is 0.857. The van der Waals surface area contributed by atoms with E-state index >= 15 is 0 Å². The Hall–Kier alpha value is -1.02. The van der Waals surface area contributed by atoms with Gasteiger partial charge in [0, 0.05) is 13.1 Å². The van der Waals surface area contributed by atoms with Gasteiger partial charge in [-0.25, -0.2) is 4.79 Å². The van der Waals surface area contributed by atoms with Crippen molar-refractivity contribution in [2.24, 2.45) is 5.73 Å². The molecule has 0 aliphatic rings. The molecule has 0 aromatic carbocycles. The van der Waals surface area contributed by atoms with Crippen molar-refractivity contribution in [3.63, 3.8) is 0 Å². The number of nitrogens with one attached hydrogen (secondary N) is 2. The predicted octanol–water partition coefficient (Wildman–Crippen LogP) is -0.177. The minimum Gasteiger partial charge on any atom is -0.378 e. The van der Waals surface area contributed by atoms with Gasteiger partial charge < -0.3 is 21.1 Å². The second kappa shape index (κ2) is 7.30. The lowest BCUT2D eigenvalue weighted by Crippen LogP contribution is -2.41. The maximum atomic E-state index is 11.6. The number of carbonyl (C=O) groups excluding carboxylic acids is 1. The van der Waals surface area contributed by atoms with Crippen LogP contribution in [0.4, 0.5) is 18.0 Å². The minimum absolute atomic E-state index is 0.143. The predicted molar refractivity (Wildman–Crippen MR) is 47.3 cm³/mol. The zero-order valence-corrected chi connectivity index (χ0v) is 8.06. The van der Waals surface area contributed by atoms with Crippen molar-refractivity contribution in [2.45, 2.75) is 6.18 Å². The van der Waals surface area contributed by atoms with E-state index in [-0.39, 0.29) is 13.2 Å². The number of amides is 2. The van der Waals surface area contributed by atoms with Crippen molar-refractivity contribution in [1.82, 2.24) is 10.6 Å². The van der Waals surface area contributed by atoms with Crippen LogP contribution in [-0.2, 0) is 4.74 Å². The average molecular weight is 229 g/mol. The van der Waals surface area contributed by atoms with Gasteiger partial charge >= 0.3 is 12.2 Å². The zero-order chi connectivity index (χ0) is 11.7. The smallest absolute Gasteiger partial charge is 0.378 e. The van der Waals surface area contributed by atoms with Crippen molar-refractivity contribution in [3.05, 3.63) is 0 Å². The molecule has 0 fully saturated rings. The number of hydrogen-bond donors (Lipinski definition) is 3. The first kappa shape index (κ1) is 14.0. The summed E-state index contributed by atoms with van der Waals surface area (Å²) < 4.78 is 39.8. The van der Waals surface area contributed by atoms with Crippen molar-refractivity contribution in [1.29, 1.82) is 0 Å². The molecule has 0 aliphatic heterocycles. The van der Waals surface area contributed by atoms with Gasteiger partial charge in [0.25, 0.3) is 0 Å². The van der Waals surface area contributed by atoms with Gasteiger partial charge in [0.2, 0.25) is 0 Å². The Morgan fingerprint density at radius 1 is 1.27 bits per heavy atom. The molecule has 0 aliphatic carbocycles. The maximum Gasteiger partial charge on any atom is 0.405 e. The molecule has 0 unspecified atom stereocenters. The van der Waals surface area contributed by atoms with Crippen LogP contribution in [0.25, 0.3) is 0 Å². The minimum atomic E-state index is -4.40. The van der Waals surface area contributed by atoms with E-state index in [1.807, 2.05) is 0 Å². The highest BCUT2D eigenvalue weighted by Crippen LogP contribution is 2.11. The summed E-state index contributed by atoms with van der Waals surface area (Å²) in [6.07, 6.45) is -4.40. The van der Waals surface area contributed by atoms with Gasteiger partial charge in [0.1, 0.15) is 6.54 Å². The largest absolute Gasteiger partial charge is 0.405 e. The summed E-state index contributed by atoms with van der Waals surface area (Å²) in [7, 11) is 0. The lowest BCUT2D eigenvalue weighted by molar-refractivity contribution is -0.122. The molecule has 0 heterocycles. The van der Waals surface area contributed by atoms with E-state index in [1.54, 1.807) is 5.32 Å². The molecule has 2 amide bonds. The normalized spacial score (nSPS) is 11.2. The van der Waals surface area contributed by atoms with E-state index in [2.05, 4.69) is 5.32 Å². The third-order valence-corrected chi connectivity index (χ3v) is 1.24. The number of ether oxygens (including phenoxy) is 1. The highest BCUT2D eigenvalue weighted by Gasteiger charge is 2.27. The Labute approximate surface area is 85.1 Å². The molecule has 0 aromatic heterocycles. The van der Waals surface area contributed by atoms with Gasteiger partial charge in [0.05, 0.1) is 13.2 Å². The molecule has 5 nitrogen and oxygen atoms in total.